The van der Waals surface area contributed by atoms with E-state index in [0.29, 0.717) is 17.2 Å². The number of aromatic nitrogens is 3. The van der Waals surface area contributed by atoms with Gasteiger partial charge in [0, 0.05) is 29.9 Å². The molecule has 8 heteroatoms. The van der Waals surface area contributed by atoms with Crippen molar-refractivity contribution in [3.8, 4) is 16.9 Å². The average Bonchev–Trinajstić information content (AvgIpc) is 3.46. The van der Waals surface area contributed by atoms with Crippen molar-refractivity contribution in [1.82, 2.24) is 14.1 Å². The Labute approximate surface area is 173 Å². The maximum Gasteiger partial charge on any atom is 0.333 e. The summed E-state index contributed by atoms with van der Waals surface area (Å²) in [6.07, 6.45) is 5.20. The van der Waals surface area contributed by atoms with Gasteiger partial charge < -0.3 is 5.32 Å². The standard InChI is InChI=1S/C21H21FN4O2.ClH/c1-13(2)25-12-18(26(21(25)28)17-7-5-16(22)6-8-17)15-9-10-23-19(11-15)24-20(27)14-3-4-14;/h5-14H,3-4H2,1-2H3,(H,23,24,27);1H. The highest BCUT2D eigenvalue weighted by Crippen LogP contribution is 2.30. The summed E-state index contributed by atoms with van der Waals surface area (Å²) in [7, 11) is 0. The maximum absolute atomic E-state index is 13.4. The number of pyridine rings is 1. The predicted molar refractivity (Wildman–Crippen MR) is 112 cm³/mol. The second-order valence-corrected chi connectivity index (χ2v) is 7.30. The molecule has 2 heterocycles. The van der Waals surface area contributed by atoms with Gasteiger partial charge in [-0.2, -0.15) is 0 Å². The van der Waals surface area contributed by atoms with Gasteiger partial charge in [-0.3, -0.25) is 13.9 Å². The minimum Gasteiger partial charge on any atom is -0.310 e. The van der Waals surface area contributed by atoms with Crippen LogP contribution in [-0.2, 0) is 4.79 Å². The van der Waals surface area contributed by atoms with Crippen LogP contribution < -0.4 is 11.0 Å². The molecule has 0 saturated heterocycles. The lowest BCUT2D eigenvalue weighted by Gasteiger charge is -2.09. The maximum atomic E-state index is 13.4. The first-order valence-corrected chi connectivity index (χ1v) is 9.31. The Morgan fingerprint density at radius 2 is 1.90 bits per heavy atom. The van der Waals surface area contributed by atoms with E-state index in [0.717, 1.165) is 18.4 Å². The molecule has 0 atom stereocenters. The van der Waals surface area contributed by atoms with Crippen molar-refractivity contribution in [2.24, 2.45) is 5.92 Å². The fourth-order valence-corrected chi connectivity index (χ4v) is 3.11. The summed E-state index contributed by atoms with van der Waals surface area (Å²) in [5.41, 5.74) is 1.75. The summed E-state index contributed by atoms with van der Waals surface area (Å²) >= 11 is 0. The second kappa shape index (κ2) is 8.21. The van der Waals surface area contributed by atoms with E-state index in [2.05, 4.69) is 10.3 Å². The average molecular weight is 417 g/mol. The van der Waals surface area contributed by atoms with Crippen LogP contribution in [0.2, 0.25) is 0 Å². The Hall–Kier alpha value is -2.93. The van der Waals surface area contributed by atoms with Crippen LogP contribution in [0.15, 0.2) is 53.6 Å². The molecule has 3 aromatic rings. The zero-order chi connectivity index (χ0) is 19.8. The van der Waals surface area contributed by atoms with E-state index in [9.17, 15) is 14.0 Å². The summed E-state index contributed by atoms with van der Waals surface area (Å²) in [4.78, 5) is 29.3. The third kappa shape index (κ3) is 4.24. The molecule has 0 spiro atoms. The number of nitrogens with zero attached hydrogens (tertiary/aromatic N) is 3. The summed E-state index contributed by atoms with van der Waals surface area (Å²) in [6, 6.07) is 9.29. The smallest absolute Gasteiger partial charge is 0.310 e. The SMILES string of the molecule is CC(C)n1cc(-c2ccnc(NC(=O)C3CC3)c2)n(-c2ccc(F)cc2)c1=O.Cl. The minimum absolute atomic E-state index is 0. The van der Waals surface area contributed by atoms with Gasteiger partial charge in [-0.1, -0.05) is 0 Å². The van der Waals surface area contributed by atoms with Gasteiger partial charge in [-0.05, 0) is 63.1 Å². The lowest BCUT2D eigenvalue weighted by molar-refractivity contribution is -0.117. The van der Waals surface area contributed by atoms with Crippen LogP contribution in [-0.4, -0.2) is 20.0 Å². The fourth-order valence-electron chi connectivity index (χ4n) is 3.11. The van der Waals surface area contributed by atoms with Crippen LogP contribution >= 0.6 is 12.4 Å². The van der Waals surface area contributed by atoms with Crippen molar-refractivity contribution in [3.05, 3.63) is 65.1 Å². The number of carbonyl (C=O) groups is 1. The molecule has 152 valence electrons. The Balaban J connectivity index is 0.00000240. The largest absolute Gasteiger partial charge is 0.333 e. The fraction of sp³-hybridized carbons (Fsp3) is 0.286. The summed E-state index contributed by atoms with van der Waals surface area (Å²) in [6.45, 7) is 3.85. The number of halogens is 2. The molecule has 0 aliphatic heterocycles. The van der Waals surface area contributed by atoms with Crippen molar-refractivity contribution < 1.29 is 9.18 Å². The highest BCUT2D eigenvalue weighted by molar-refractivity contribution is 5.93. The molecule has 0 radical (unpaired) electrons. The molecule has 29 heavy (non-hydrogen) atoms. The van der Waals surface area contributed by atoms with Gasteiger partial charge >= 0.3 is 5.69 Å². The van der Waals surface area contributed by atoms with Crippen molar-refractivity contribution in [3.63, 3.8) is 0 Å². The van der Waals surface area contributed by atoms with Gasteiger partial charge in [0.15, 0.2) is 0 Å². The first-order chi connectivity index (χ1) is 13.4. The molecule has 1 aliphatic carbocycles. The topological polar surface area (TPSA) is 68.9 Å². The normalized spacial score (nSPS) is 13.2. The molecule has 1 fully saturated rings. The molecular weight excluding hydrogens is 395 g/mol. The zero-order valence-corrected chi connectivity index (χ0v) is 16.9. The number of carbonyl (C=O) groups excluding carboxylic acids is 1. The Kier molecular flexibility index (Phi) is 5.88. The van der Waals surface area contributed by atoms with Crippen LogP contribution in [0, 0.1) is 11.7 Å². The number of hydrogen-bond acceptors (Lipinski definition) is 3. The highest BCUT2D eigenvalue weighted by Gasteiger charge is 2.29. The van der Waals surface area contributed by atoms with Gasteiger partial charge in [0.2, 0.25) is 5.91 Å². The van der Waals surface area contributed by atoms with Crippen molar-refractivity contribution in [2.45, 2.75) is 32.7 Å². The van der Waals surface area contributed by atoms with Crippen molar-refractivity contribution in [1.29, 1.82) is 0 Å². The van der Waals surface area contributed by atoms with Crippen LogP contribution in [0.3, 0.4) is 0 Å². The molecular formula is C21H22ClFN4O2. The molecule has 0 unspecified atom stereocenters. The predicted octanol–water partition coefficient (Wildman–Crippen LogP) is 4.19. The number of imidazole rings is 1. The van der Waals surface area contributed by atoms with Crippen molar-refractivity contribution >= 4 is 24.1 Å². The summed E-state index contributed by atoms with van der Waals surface area (Å²) in [5, 5.41) is 2.83. The Bertz CT molecular complexity index is 1080. The monoisotopic (exact) mass is 416 g/mol. The minimum atomic E-state index is -0.365. The third-order valence-corrected chi connectivity index (χ3v) is 4.81. The zero-order valence-electron chi connectivity index (χ0n) is 16.1. The quantitative estimate of drug-likeness (QED) is 0.678. The molecule has 2 aromatic heterocycles. The molecule has 4 rings (SSSR count). The van der Waals surface area contributed by atoms with E-state index in [1.165, 1.54) is 12.1 Å². The molecule has 0 bridgehead atoms. The van der Waals surface area contributed by atoms with E-state index in [1.807, 2.05) is 13.8 Å². The van der Waals surface area contributed by atoms with E-state index in [1.54, 1.807) is 45.8 Å². The molecule has 6 nitrogen and oxygen atoms in total. The van der Waals surface area contributed by atoms with Crippen LogP contribution in [0.5, 0.6) is 0 Å². The molecule has 1 amide bonds. The molecule has 1 aromatic carbocycles. The van der Waals surface area contributed by atoms with Gasteiger partial charge in [0.1, 0.15) is 11.6 Å². The number of rotatable bonds is 5. The van der Waals surface area contributed by atoms with E-state index < -0.39 is 0 Å². The van der Waals surface area contributed by atoms with Gasteiger partial charge in [-0.25, -0.2) is 14.2 Å². The first kappa shape index (κ1) is 20.8. The second-order valence-electron chi connectivity index (χ2n) is 7.30. The van der Waals surface area contributed by atoms with Gasteiger partial charge in [0.05, 0.1) is 11.4 Å². The van der Waals surface area contributed by atoms with E-state index in [4.69, 9.17) is 0 Å². The number of anilines is 1. The van der Waals surface area contributed by atoms with Gasteiger partial charge in [0.25, 0.3) is 0 Å². The summed E-state index contributed by atoms with van der Waals surface area (Å²) < 4.78 is 16.5. The lowest BCUT2D eigenvalue weighted by atomic mass is 10.2. The molecule has 1 N–H and O–H groups in total. The number of nitrogens with one attached hydrogen (secondary N) is 1. The lowest BCUT2D eigenvalue weighted by Crippen LogP contribution is -2.24. The first-order valence-electron chi connectivity index (χ1n) is 9.31. The number of amides is 1. The highest BCUT2D eigenvalue weighted by atomic mass is 35.5. The Morgan fingerprint density at radius 1 is 1.21 bits per heavy atom. The van der Waals surface area contributed by atoms with Gasteiger partial charge in [-0.15, -0.1) is 12.4 Å². The van der Waals surface area contributed by atoms with Crippen LogP contribution in [0.25, 0.3) is 16.9 Å². The van der Waals surface area contributed by atoms with E-state index >= 15 is 0 Å². The summed E-state index contributed by atoms with van der Waals surface area (Å²) in [5.74, 6) is 0.130. The third-order valence-electron chi connectivity index (χ3n) is 4.81. The number of hydrogen-bond donors (Lipinski definition) is 1. The molecule has 1 saturated carbocycles. The number of benzene rings is 1. The van der Waals surface area contributed by atoms with E-state index in [-0.39, 0.29) is 41.8 Å². The van der Waals surface area contributed by atoms with Crippen LogP contribution in [0.4, 0.5) is 10.2 Å². The molecule has 1 aliphatic rings. The van der Waals surface area contributed by atoms with Crippen molar-refractivity contribution in [2.75, 3.05) is 5.32 Å². The Morgan fingerprint density at radius 3 is 2.52 bits per heavy atom. The van der Waals surface area contributed by atoms with Crippen LogP contribution in [0.1, 0.15) is 32.7 Å².